The number of ether oxygens (including phenoxy) is 3. The van der Waals surface area contributed by atoms with Crippen LogP contribution in [0.1, 0.15) is 22.0 Å². The fourth-order valence-electron chi connectivity index (χ4n) is 2.86. The average Bonchev–Trinajstić information content (AvgIpc) is 2.67. The number of benzene rings is 2. The van der Waals surface area contributed by atoms with Crippen LogP contribution in [0.2, 0.25) is 0 Å². The number of amides is 1. The van der Waals surface area contributed by atoms with Crippen molar-refractivity contribution >= 4 is 5.91 Å². The average molecular weight is 358 g/mol. The molecular weight excluding hydrogens is 332 g/mol. The smallest absolute Gasteiger partial charge is 0.255 e. The van der Waals surface area contributed by atoms with Crippen LogP contribution >= 0.6 is 0 Å². The molecule has 0 aliphatic heterocycles. The Bertz CT molecular complexity index is 746. The zero-order valence-corrected chi connectivity index (χ0v) is 15.9. The van der Waals surface area contributed by atoms with Crippen LogP contribution in [0, 0.1) is 0 Å². The van der Waals surface area contributed by atoms with Crippen molar-refractivity contribution in [1.29, 1.82) is 0 Å². The molecule has 0 bridgehead atoms. The van der Waals surface area contributed by atoms with Gasteiger partial charge in [-0.05, 0) is 32.3 Å². The van der Waals surface area contributed by atoms with Gasteiger partial charge in [0.1, 0.15) is 5.75 Å². The number of likely N-dealkylation sites (N-methyl/N-ethyl adjacent to an activating group) is 1. The van der Waals surface area contributed by atoms with Gasteiger partial charge in [0, 0.05) is 12.1 Å². The summed E-state index contributed by atoms with van der Waals surface area (Å²) in [7, 11) is 8.64. The Morgan fingerprint density at radius 2 is 1.62 bits per heavy atom. The van der Waals surface area contributed by atoms with E-state index in [9.17, 15) is 4.79 Å². The standard InChI is InChI=1S/C20H26N2O4/c1-22(2)16(14-9-6-7-11-17(14)24-3)13-21-20(23)15-10-8-12-18(25-4)19(15)26-5/h6-12,16H,13H2,1-5H3,(H,21,23). The molecule has 2 aromatic carbocycles. The van der Waals surface area contributed by atoms with Crippen molar-refractivity contribution < 1.29 is 19.0 Å². The van der Waals surface area contributed by atoms with Crippen LogP contribution in [0.15, 0.2) is 42.5 Å². The molecule has 26 heavy (non-hydrogen) atoms. The number of nitrogens with one attached hydrogen (secondary N) is 1. The Labute approximate surface area is 154 Å². The summed E-state index contributed by atoms with van der Waals surface area (Å²) in [5.41, 5.74) is 1.45. The molecule has 0 heterocycles. The summed E-state index contributed by atoms with van der Waals surface area (Å²) in [5, 5.41) is 2.98. The van der Waals surface area contributed by atoms with Gasteiger partial charge < -0.3 is 24.4 Å². The summed E-state index contributed by atoms with van der Waals surface area (Å²) in [6.45, 7) is 0.423. The highest BCUT2D eigenvalue weighted by molar-refractivity contribution is 5.97. The Hall–Kier alpha value is -2.73. The lowest BCUT2D eigenvalue weighted by Gasteiger charge is -2.26. The van der Waals surface area contributed by atoms with Crippen LogP contribution in [0.5, 0.6) is 17.2 Å². The number of rotatable bonds is 8. The molecule has 0 fully saturated rings. The monoisotopic (exact) mass is 358 g/mol. The zero-order chi connectivity index (χ0) is 19.1. The Morgan fingerprint density at radius 3 is 2.23 bits per heavy atom. The first-order chi connectivity index (χ1) is 12.5. The van der Waals surface area contributed by atoms with Gasteiger partial charge in [0.25, 0.3) is 5.91 Å². The summed E-state index contributed by atoms with van der Waals surface area (Å²) in [6, 6.07) is 13.0. The quantitative estimate of drug-likeness (QED) is 0.786. The fourth-order valence-corrected chi connectivity index (χ4v) is 2.86. The van der Waals surface area contributed by atoms with Gasteiger partial charge in [-0.25, -0.2) is 0 Å². The highest BCUT2D eigenvalue weighted by Gasteiger charge is 2.21. The van der Waals surface area contributed by atoms with Crippen molar-refractivity contribution in [1.82, 2.24) is 10.2 Å². The van der Waals surface area contributed by atoms with Gasteiger partial charge in [0.2, 0.25) is 0 Å². The topological polar surface area (TPSA) is 60.0 Å². The predicted molar refractivity (Wildman–Crippen MR) is 101 cm³/mol. The lowest BCUT2D eigenvalue weighted by atomic mass is 10.0. The summed E-state index contributed by atoms with van der Waals surface area (Å²) in [5.74, 6) is 1.52. The number of methoxy groups -OCH3 is 3. The second-order valence-corrected chi connectivity index (χ2v) is 5.97. The van der Waals surface area contributed by atoms with E-state index >= 15 is 0 Å². The third-order valence-electron chi connectivity index (χ3n) is 4.22. The summed E-state index contributed by atoms with van der Waals surface area (Å²) >= 11 is 0. The van der Waals surface area contributed by atoms with Crippen molar-refractivity contribution in [2.45, 2.75) is 6.04 Å². The molecule has 0 spiro atoms. The number of carbonyl (C=O) groups excluding carboxylic acids is 1. The van der Waals surface area contributed by atoms with E-state index in [0.29, 0.717) is 23.6 Å². The van der Waals surface area contributed by atoms with E-state index in [2.05, 4.69) is 5.32 Å². The molecule has 140 valence electrons. The van der Waals surface area contributed by atoms with Crippen LogP contribution < -0.4 is 19.5 Å². The molecule has 0 aromatic heterocycles. The van der Waals surface area contributed by atoms with Crippen molar-refractivity contribution in [2.75, 3.05) is 42.0 Å². The van der Waals surface area contributed by atoms with Crippen LogP contribution in [0.4, 0.5) is 0 Å². The molecule has 1 N–H and O–H groups in total. The minimum Gasteiger partial charge on any atom is -0.496 e. The van der Waals surface area contributed by atoms with Crippen molar-refractivity contribution in [2.24, 2.45) is 0 Å². The van der Waals surface area contributed by atoms with Crippen LogP contribution in [0.25, 0.3) is 0 Å². The second kappa shape index (κ2) is 9.10. The summed E-state index contributed by atoms with van der Waals surface area (Å²) in [6.07, 6.45) is 0. The van der Waals surface area contributed by atoms with E-state index in [0.717, 1.165) is 11.3 Å². The van der Waals surface area contributed by atoms with E-state index in [4.69, 9.17) is 14.2 Å². The normalized spacial score (nSPS) is 11.8. The molecule has 1 atom stereocenters. The maximum Gasteiger partial charge on any atom is 0.255 e. The lowest BCUT2D eigenvalue weighted by Crippen LogP contribution is -2.35. The summed E-state index contributed by atoms with van der Waals surface area (Å²) in [4.78, 5) is 14.8. The van der Waals surface area contributed by atoms with Crippen molar-refractivity contribution in [3.8, 4) is 17.2 Å². The second-order valence-electron chi connectivity index (χ2n) is 5.97. The molecule has 6 heteroatoms. The first kappa shape index (κ1) is 19.6. The molecule has 0 aliphatic rings. The number of nitrogens with zero attached hydrogens (tertiary/aromatic N) is 1. The Kier molecular flexibility index (Phi) is 6.86. The van der Waals surface area contributed by atoms with E-state index in [1.165, 1.54) is 7.11 Å². The molecule has 0 radical (unpaired) electrons. The molecule has 0 saturated heterocycles. The lowest BCUT2D eigenvalue weighted by molar-refractivity contribution is 0.0938. The highest BCUT2D eigenvalue weighted by Crippen LogP contribution is 2.31. The molecule has 0 aliphatic carbocycles. The predicted octanol–water partition coefficient (Wildman–Crippen LogP) is 2.75. The Morgan fingerprint density at radius 1 is 0.962 bits per heavy atom. The fraction of sp³-hybridized carbons (Fsp3) is 0.350. The third kappa shape index (κ3) is 4.26. The van der Waals surface area contributed by atoms with E-state index in [1.807, 2.05) is 43.3 Å². The molecule has 1 amide bonds. The van der Waals surface area contributed by atoms with Crippen LogP contribution in [-0.4, -0.2) is 52.8 Å². The molecule has 2 aromatic rings. The van der Waals surface area contributed by atoms with E-state index in [-0.39, 0.29) is 11.9 Å². The third-order valence-corrected chi connectivity index (χ3v) is 4.22. The van der Waals surface area contributed by atoms with Crippen LogP contribution in [0.3, 0.4) is 0 Å². The van der Waals surface area contributed by atoms with Crippen LogP contribution in [-0.2, 0) is 0 Å². The number of carbonyl (C=O) groups is 1. The first-order valence-corrected chi connectivity index (χ1v) is 8.32. The molecule has 1 unspecified atom stereocenters. The molecule has 6 nitrogen and oxygen atoms in total. The number of para-hydroxylation sites is 2. The number of hydrogen-bond donors (Lipinski definition) is 1. The van der Waals surface area contributed by atoms with Crippen molar-refractivity contribution in [3.05, 3.63) is 53.6 Å². The van der Waals surface area contributed by atoms with E-state index in [1.54, 1.807) is 32.4 Å². The zero-order valence-electron chi connectivity index (χ0n) is 15.9. The minimum atomic E-state index is -0.220. The van der Waals surface area contributed by atoms with Gasteiger partial charge in [-0.3, -0.25) is 4.79 Å². The van der Waals surface area contributed by atoms with Crippen molar-refractivity contribution in [3.63, 3.8) is 0 Å². The van der Waals surface area contributed by atoms with Gasteiger partial charge in [0.05, 0.1) is 32.9 Å². The highest BCUT2D eigenvalue weighted by atomic mass is 16.5. The first-order valence-electron chi connectivity index (χ1n) is 8.32. The van der Waals surface area contributed by atoms with Gasteiger partial charge in [0.15, 0.2) is 11.5 Å². The maximum absolute atomic E-state index is 12.7. The molecule has 0 saturated carbocycles. The summed E-state index contributed by atoms with van der Waals surface area (Å²) < 4.78 is 16.1. The number of hydrogen-bond acceptors (Lipinski definition) is 5. The van der Waals surface area contributed by atoms with Gasteiger partial charge >= 0.3 is 0 Å². The maximum atomic E-state index is 12.7. The van der Waals surface area contributed by atoms with Gasteiger partial charge in [-0.2, -0.15) is 0 Å². The Balaban J connectivity index is 2.21. The van der Waals surface area contributed by atoms with E-state index < -0.39 is 0 Å². The van der Waals surface area contributed by atoms with Gasteiger partial charge in [-0.1, -0.05) is 24.3 Å². The molecular formula is C20H26N2O4. The largest absolute Gasteiger partial charge is 0.496 e. The van der Waals surface area contributed by atoms with Gasteiger partial charge in [-0.15, -0.1) is 0 Å². The minimum absolute atomic E-state index is 0.0355. The molecule has 2 rings (SSSR count). The SMILES string of the molecule is COc1ccccc1C(CNC(=O)c1cccc(OC)c1OC)N(C)C.